The first-order valence-corrected chi connectivity index (χ1v) is 10.1. The van der Waals surface area contributed by atoms with Crippen molar-refractivity contribution in [2.24, 2.45) is 5.92 Å². The molecule has 1 heterocycles. The van der Waals surface area contributed by atoms with Crippen molar-refractivity contribution >= 4 is 29.4 Å². The van der Waals surface area contributed by atoms with Crippen LogP contribution in [0.4, 0.5) is 9.18 Å². The molecule has 164 valence electrons. The molecule has 1 fully saturated rings. The minimum atomic E-state index is -1.31. The molecule has 0 saturated carbocycles. The van der Waals surface area contributed by atoms with Gasteiger partial charge in [0.1, 0.15) is 17.5 Å². The average molecular weight is 448 g/mol. The molecule has 3 atom stereocenters. The van der Waals surface area contributed by atoms with Crippen molar-refractivity contribution < 1.29 is 28.6 Å². The summed E-state index contributed by atoms with van der Waals surface area (Å²) in [7, 11) is 0. The Balaban J connectivity index is 2.11. The highest BCUT2D eigenvalue weighted by Crippen LogP contribution is 2.44. The third-order valence-electron chi connectivity index (χ3n) is 5.02. The third kappa shape index (κ3) is 5.05. The summed E-state index contributed by atoms with van der Waals surface area (Å²) in [6, 6.07) is 9.41. The van der Waals surface area contributed by atoms with E-state index in [0.29, 0.717) is 10.6 Å². The minimum absolute atomic E-state index is 0.138. The van der Waals surface area contributed by atoms with Crippen LogP contribution < -0.4 is 0 Å². The van der Waals surface area contributed by atoms with Crippen LogP contribution in [0.2, 0.25) is 5.02 Å². The number of benzene rings is 2. The first kappa shape index (κ1) is 22.7. The predicted octanol–water partition coefficient (Wildman–Crippen LogP) is 5.11. The second kappa shape index (κ2) is 8.67. The van der Waals surface area contributed by atoms with Crippen molar-refractivity contribution in [1.29, 1.82) is 0 Å². The lowest BCUT2D eigenvalue weighted by Crippen LogP contribution is -2.44. The van der Waals surface area contributed by atoms with Gasteiger partial charge < -0.3 is 9.84 Å². The molecule has 1 aliphatic heterocycles. The lowest BCUT2D eigenvalue weighted by Gasteiger charge is -2.32. The number of rotatable bonds is 4. The highest BCUT2D eigenvalue weighted by molar-refractivity contribution is 6.31. The van der Waals surface area contributed by atoms with Gasteiger partial charge in [-0.2, -0.15) is 0 Å². The number of halogens is 2. The summed E-state index contributed by atoms with van der Waals surface area (Å²) in [5, 5.41) is 10.2. The van der Waals surface area contributed by atoms with E-state index in [1.165, 1.54) is 24.3 Å². The molecule has 3 rings (SSSR count). The molecular formula is C23H23ClFNO5. The van der Waals surface area contributed by atoms with Crippen molar-refractivity contribution in [1.82, 2.24) is 4.90 Å². The van der Waals surface area contributed by atoms with E-state index in [1.807, 2.05) is 0 Å². The SMILES string of the molecule is CC(C)(C)OC(=O)N1[C@H](C(=O)O)C[C@H](C(=O)c2cccc(Cl)c2)[C@@H]1c1cccc(F)c1. The van der Waals surface area contributed by atoms with E-state index in [0.717, 1.165) is 4.90 Å². The zero-order valence-electron chi connectivity index (χ0n) is 17.3. The van der Waals surface area contributed by atoms with Crippen LogP contribution in [0, 0.1) is 11.7 Å². The number of Topliss-reactive ketones (excluding diaryl/α,β-unsaturated/α-hetero) is 1. The molecule has 0 spiro atoms. The standard InChI is InChI=1S/C23H23ClFNO5/c1-23(2,3)31-22(30)26-18(21(28)29)12-17(19(26)13-6-5-9-16(25)11-13)20(27)14-7-4-8-15(24)10-14/h4-11,17-19H,12H2,1-3H3,(H,28,29)/t17-,18-,19-/m0/s1. The first-order valence-electron chi connectivity index (χ1n) is 9.77. The van der Waals surface area contributed by atoms with Crippen molar-refractivity contribution in [3.63, 3.8) is 0 Å². The van der Waals surface area contributed by atoms with Gasteiger partial charge in [0, 0.05) is 16.5 Å². The van der Waals surface area contributed by atoms with Gasteiger partial charge in [0.2, 0.25) is 0 Å². The number of ether oxygens (including phenoxy) is 1. The average Bonchev–Trinajstić information content (AvgIpc) is 3.07. The second-order valence-electron chi connectivity index (χ2n) is 8.46. The van der Waals surface area contributed by atoms with Crippen molar-refractivity contribution in [2.75, 3.05) is 0 Å². The predicted molar refractivity (Wildman–Crippen MR) is 113 cm³/mol. The molecule has 0 aromatic heterocycles. The van der Waals surface area contributed by atoms with Crippen molar-refractivity contribution in [3.8, 4) is 0 Å². The molecular weight excluding hydrogens is 425 g/mol. The van der Waals surface area contributed by atoms with Gasteiger partial charge in [-0.3, -0.25) is 9.69 Å². The molecule has 0 unspecified atom stereocenters. The van der Waals surface area contributed by atoms with Crippen molar-refractivity contribution in [2.45, 2.75) is 44.9 Å². The van der Waals surface area contributed by atoms with Crippen LogP contribution in [-0.2, 0) is 9.53 Å². The van der Waals surface area contributed by atoms with Gasteiger partial charge >= 0.3 is 12.1 Å². The van der Waals surface area contributed by atoms with Gasteiger partial charge in [0.25, 0.3) is 0 Å². The number of carbonyl (C=O) groups is 3. The number of hydrogen-bond donors (Lipinski definition) is 1. The van der Waals surface area contributed by atoms with Crippen LogP contribution in [-0.4, -0.2) is 39.5 Å². The number of ketones is 1. The molecule has 0 aliphatic carbocycles. The fourth-order valence-electron chi connectivity index (χ4n) is 3.84. The molecule has 1 amide bonds. The summed E-state index contributed by atoms with van der Waals surface area (Å²) in [5.41, 5.74) is -0.286. The lowest BCUT2D eigenvalue weighted by molar-refractivity contribution is -0.142. The molecule has 1 N–H and O–H groups in total. The number of aliphatic carboxylic acids is 1. The first-order chi connectivity index (χ1) is 14.5. The van der Waals surface area contributed by atoms with Gasteiger partial charge in [0.15, 0.2) is 5.78 Å². The van der Waals surface area contributed by atoms with Gasteiger partial charge in [-0.1, -0.05) is 35.9 Å². The van der Waals surface area contributed by atoms with Gasteiger partial charge in [-0.05, 0) is 57.0 Å². The maximum absolute atomic E-state index is 14.0. The van der Waals surface area contributed by atoms with E-state index in [9.17, 15) is 23.9 Å². The number of carbonyl (C=O) groups excluding carboxylic acids is 2. The lowest BCUT2D eigenvalue weighted by atomic mass is 9.86. The molecule has 1 saturated heterocycles. The van der Waals surface area contributed by atoms with Gasteiger partial charge in [-0.25, -0.2) is 14.0 Å². The Morgan fingerprint density at radius 3 is 2.39 bits per heavy atom. The van der Waals surface area contributed by atoms with Gasteiger partial charge in [-0.15, -0.1) is 0 Å². The Kier molecular flexibility index (Phi) is 6.36. The summed E-state index contributed by atoms with van der Waals surface area (Å²) in [6.07, 6.45) is -1.02. The number of nitrogens with zero attached hydrogens (tertiary/aromatic N) is 1. The number of hydrogen-bond acceptors (Lipinski definition) is 4. The molecule has 31 heavy (non-hydrogen) atoms. The number of carboxylic acid groups (broad SMARTS) is 1. The summed E-state index contributed by atoms with van der Waals surface area (Å²) in [4.78, 5) is 39.4. The maximum Gasteiger partial charge on any atom is 0.411 e. The van der Waals surface area contributed by atoms with Crippen molar-refractivity contribution in [3.05, 3.63) is 70.5 Å². The Morgan fingerprint density at radius 2 is 1.81 bits per heavy atom. The Hall–Kier alpha value is -2.93. The minimum Gasteiger partial charge on any atom is -0.480 e. The van der Waals surface area contributed by atoms with Gasteiger partial charge in [0.05, 0.1) is 6.04 Å². The summed E-state index contributed by atoms with van der Waals surface area (Å²) >= 11 is 6.02. The van der Waals surface area contributed by atoms with Crippen LogP contribution >= 0.6 is 11.6 Å². The normalized spacial score (nSPS) is 21.1. The summed E-state index contributed by atoms with van der Waals surface area (Å²) in [5.74, 6) is -3.13. The molecule has 0 radical (unpaired) electrons. The van der Waals surface area contributed by atoms with E-state index in [4.69, 9.17) is 16.3 Å². The molecule has 6 nitrogen and oxygen atoms in total. The number of amides is 1. The van der Waals surface area contributed by atoms with E-state index in [2.05, 4.69) is 0 Å². The van der Waals surface area contributed by atoms with Crippen LogP contribution in [0.3, 0.4) is 0 Å². The van der Waals surface area contributed by atoms with Crippen LogP contribution in [0.5, 0.6) is 0 Å². The Bertz CT molecular complexity index is 1020. The molecule has 8 heteroatoms. The topological polar surface area (TPSA) is 83.9 Å². The largest absolute Gasteiger partial charge is 0.480 e. The fourth-order valence-corrected chi connectivity index (χ4v) is 4.03. The van der Waals surface area contributed by atoms with E-state index in [1.54, 1.807) is 45.0 Å². The molecule has 2 aromatic carbocycles. The highest BCUT2D eigenvalue weighted by Gasteiger charge is 2.51. The third-order valence-corrected chi connectivity index (χ3v) is 5.25. The smallest absolute Gasteiger partial charge is 0.411 e. The Morgan fingerprint density at radius 1 is 1.13 bits per heavy atom. The van der Waals surface area contributed by atoms with E-state index >= 15 is 0 Å². The summed E-state index contributed by atoms with van der Waals surface area (Å²) < 4.78 is 19.5. The summed E-state index contributed by atoms with van der Waals surface area (Å²) in [6.45, 7) is 4.97. The van der Waals surface area contributed by atoms with E-state index < -0.39 is 41.5 Å². The fraction of sp³-hybridized carbons (Fsp3) is 0.348. The second-order valence-corrected chi connectivity index (χ2v) is 8.89. The highest BCUT2D eigenvalue weighted by atomic mass is 35.5. The molecule has 2 aromatic rings. The zero-order valence-corrected chi connectivity index (χ0v) is 18.1. The van der Waals surface area contributed by atoms with Crippen LogP contribution in [0.1, 0.15) is 49.2 Å². The Labute approximate surface area is 184 Å². The molecule has 1 aliphatic rings. The number of carboxylic acids is 1. The maximum atomic E-state index is 14.0. The van der Waals surface area contributed by atoms with Crippen LogP contribution in [0.25, 0.3) is 0 Å². The van der Waals surface area contributed by atoms with E-state index in [-0.39, 0.29) is 17.8 Å². The number of likely N-dealkylation sites (tertiary alicyclic amines) is 1. The monoisotopic (exact) mass is 447 g/mol. The zero-order chi connectivity index (χ0) is 22.9. The van der Waals surface area contributed by atoms with Crippen LogP contribution in [0.15, 0.2) is 48.5 Å². The molecule has 0 bridgehead atoms. The quantitative estimate of drug-likeness (QED) is 0.658.